The number of nitrogens with two attached hydrogens (primary N) is 1. The Bertz CT molecular complexity index is 659. The Morgan fingerprint density at radius 2 is 2.05 bits per heavy atom. The number of rotatable bonds is 3. The first-order valence-electron chi connectivity index (χ1n) is 5.74. The number of amides is 1. The lowest BCUT2D eigenvalue weighted by Gasteiger charge is -2.09. The summed E-state index contributed by atoms with van der Waals surface area (Å²) >= 11 is 0. The highest BCUT2D eigenvalue weighted by Crippen LogP contribution is 2.26. The largest absolute Gasteiger partial charge is 0.507 e. The third-order valence-corrected chi connectivity index (χ3v) is 2.69. The fraction of sp³-hybridized carbons (Fsp3) is 0.0714. The Balaban J connectivity index is 2.23. The van der Waals surface area contributed by atoms with Gasteiger partial charge in [0.1, 0.15) is 17.3 Å². The summed E-state index contributed by atoms with van der Waals surface area (Å²) in [7, 11) is 1.48. The van der Waals surface area contributed by atoms with Crippen LogP contribution in [0.1, 0.15) is 10.4 Å². The average molecular weight is 276 g/mol. The van der Waals surface area contributed by atoms with Gasteiger partial charge in [-0.15, -0.1) is 0 Å². The second kappa shape index (κ2) is 5.48. The molecule has 0 spiro atoms. The van der Waals surface area contributed by atoms with Crippen LogP contribution in [-0.4, -0.2) is 18.1 Å². The molecule has 0 saturated heterocycles. The summed E-state index contributed by atoms with van der Waals surface area (Å²) in [5.74, 6) is -1.06. The van der Waals surface area contributed by atoms with E-state index in [1.54, 1.807) is 12.1 Å². The maximum atomic E-state index is 13.1. The maximum Gasteiger partial charge on any atom is 0.259 e. The molecular formula is C14H13FN2O3. The minimum absolute atomic E-state index is 0.153. The molecule has 20 heavy (non-hydrogen) atoms. The molecule has 0 radical (unpaired) electrons. The molecule has 0 aromatic heterocycles. The zero-order valence-corrected chi connectivity index (χ0v) is 10.7. The maximum absolute atomic E-state index is 13.1. The summed E-state index contributed by atoms with van der Waals surface area (Å²) in [6.07, 6.45) is 0. The first kappa shape index (κ1) is 13.7. The predicted molar refractivity (Wildman–Crippen MR) is 73.4 cm³/mol. The highest BCUT2D eigenvalue weighted by atomic mass is 19.1. The number of phenolic OH excluding ortho intramolecular Hbond substituents is 1. The van der Waals surface area contributed by atoms with Crippen LogP contribution in [0.15, 0.2) is 36.4 Å². The molecular weight excluding hydrogens is 263 g/mol. The molecule has 0 bridgehead atoms. The van der Waals surface area contributed by atoms with Gasteiger partial charge in [-0.1, -0.05) is 0 Å². The molecule has 0 aliphatic carbocycles. The quantitative estimate of drug-likeness (QED) is 0.751. The summed E-state index contributed by atoms with van der Waals surface area (Å²) in [6.45, 7) is 0. The molecule has 0 saturated carbocycles. The Hall–Kier alpha value is -2.76. The number of hydrogen-bond acceptors (Lipinski definition) is 4. The van der Waals surface area contributed by atoms with Crippen molar-refractivity contribution in [2.45, 2.75) is 0 Å². The van der Waals surface area contributed by atoms with E-state index in [1.165, 1.54) is 13.2 Å². The zero-order valence-electron chi connectivity index (χ0n) is 10.7. The van der Waals surface area contributed by atoms with Crippen molar-refractivity contribution in [3.8, 4) is 11.5 Å². The Labute approximate surface area is 114 Å². The standard InChI is InChI=1S/C14H13FN2O3/c1-20-13-5-3-9(7-11(13)16)17-14(19)10-6-8(15)2-4-12(10)18/h2-7,18H,16H2,1H3,(H,17,19). The van der Waals surface area contributed by atoms with Gasteiger partial charge >= 0.3 is 0 Å². The second-order valence-corrected chi connectivity index (χ2v) is 4.07. The smallest absolute Gasteiger partial charge is 0.259 e. The van der Waals surface area contributed by atoms with Gasteiger partial charge in [0.2, 0.25) is 0 Å². The van der Waals surface area contributed by atoms with E-state index < -0.39 is 11.7 Å². The van der Waals surface area contributed by atoms with Crippen LogP contribution in [0.25, 0.3) is 0 Å². The molecule has 2 rings (SSSR count). The van der Waals surface area contributed by atoms with Gasteiger partial charge in [-0.25, -0.2) is 4.39 Å². The second-order valence-electron chi connectivity index (χ2n) is 4.07. The normalized spacial score (nSPS) is 10.1. The Morgan fingerprint density at radius 1 is 1.30 bits per heavy atom. The van der Waals surface area contributed by atoms with Crippen LogP contribution in [-0.2, 0) is 0 Å². The van der Waals surface area contributed by atoms with Gasteiger partial charge in [0.25, 0.3) is 5.91 Å². The van der Waals surface area contributed by atoms with E-state index in [2.05, 4.69) is 5.32 Å². The molecule has 1 amide bonds. The third-order valence-electron chi connectivity index (χ3n) is 2.69. The number of anilines is 2. The highest BCUT2D eigenvalue weighted by molar-refractivity contribution is 6.06. The molecule has 0 atom stereocenters. The minimum Gasteiger partial charge on any atom is -0.507 e. The van der Waals surface area contributed by atoms with Crippen molar-refractivity contribution in [2.24, 2.45) is 0 Å². The Kier molecular flexibility index (Phi) is 3.74. The van der Waals surface area contributed by atoms with Crippen molar-refractivity contribution in [3.63, 3.8) is 0 Å². The van der Waals surface area contributed by atoms with Crippen molar-refractivity contribution < 1.29 is 19.0 Å². The van der Waals surface area contributed by atoms with Crippen molar-refractivity contribution >= 4 is 17.3 Å². The molecule has 2 aromatic carbocycles. The summed E-state index contributed by atoms with van der Waals surface area (Å²) < 4.78 is 18.1. The molecule has 0 aliphatic heterocycles. The topological polar surface area (TPSA) is 84.6 Å². The molecule has 6 heteroatoms. The average Bonchev–Trinajstić information content (AvgIpc) is 2.41. The van der Waals surface area contributed by atoms with Crippen molar-refractivity contribution in [2.75, 3.05) is 18.2 Å². The molecule has 0 heterocycles. The van der Waals surface area contributed by atoms with Crippen LogP contribution in [0, 0.1) is 5.82 Å². The number of benzene rings is 2. The molecule has 4 N–H and O–H groups in total. The van der Waals surface area contributed by atoms with Crippen LogP contribution in [0.2, 0.25) is 0 Å². The first-order valence-corrected chi connectivity index (χ1v) is 5.74. The number of ether oxygens (including phenoxy) is 1. The van der Waals surface area contributed by atoms with Crippen molar-refractivity contribution in [1.82, 2.24) is 0 Å². The molecule has 104 valence electrons. The fourth-order valence-electron chi connectivity index (χ4n) is 1.70. The number of methoxy groups -OCH3 is 1. The van der Waals surface area contributed by atoms with Crippen LogP contribution >= 0.6 is 0 Å². The highest BCUT2D eigenvalue weighted by Gasteiger charge is 2.13. The van der Waals surface area contributed by atoms with Crippen molar-refractivity contribution in [3.05, 3.63) is 47.8 Å². The van der Waals surface area contributed by atoms with Crippen LogP contribution in [0.3, 0.4) is 0 Å². The van der Waals surface area contributed by atoms with Gasteiger partial charge in [0.05, 0.1) is 18.4 Å². The number of carbonyl (C=O) groups is 1. The van der Waals surface area contributed by atoms with E-state index >= 15 is 0 Å². The van der Waals surface area contributed by atoms with Crippen molar-refractivity contribution in [1.29, 1.82) is 0 Å². The molecule has 2 aromatic rings. The van der Waals surface area contributed by atoms with E-state index in [1.807, 2.05) is 0 Å². The van der Waals surface area contributed by atoms with E-state index in [0.717, 1.165) is 18.2 Å². The molecule has 0 aliphatic rings. The number of carbonyl (C=O) groups excluding carboxylic acids is 1. The number of hydrogen-bond donors (Lipinski definition) is 3. The number of halogens is 1. The van der Waals surface area contributed by atoms with Crippen LogP contribution in [0.4, 0.5) is 15.8 Å². The monoisotopic (exact) mass is 276 g/mol. The summed E-state index contributed by atoms with van der Waals surface area (Å²) in [4.78, 5) is 11.9. The lowest BCUT2D eigenvalue weighted by molar-refractivity contribution is 0.102. The van der Waals surface area contributed by atoms with Gasteiger partial charge in [0.15, 0.2) is 0 Å². The fourth-order valence-corrected chi connectivity index (χ4v) is 1.70. The van der Waals surface area contributed by atoms with Gasteiger partial charge < -0.3 is 20.9 Å². The van der Waals surface area contributed by atoms with Crippen LogP contribution < -0.4 is 15.8 Å². The summed E-state index contributed by atoms with van der Waals surface area (Å²) in [5, 5.41) is 12.1. The predicted octanol–water partition coefficient (Wildman–Crippen LogP) is 2.37. The SMILES string of the molecule is COc1ccc(NC(=O)c2cc(F)ccc2O)cc1N. The lowest BCUT2D eigenvalue weighted by atomic mass is 10.1. The van der Waals surface area contributed by atoms with E-state index in [0.29, 0.717) is 17.1 Å². The van der Waals surface area contributed by atoms with Gasteiger partial charge in [-0.3, -0.25) is 4.79 Å². The van der Waals surface area contributed by atoms with E-state index in [9.17, 15) is 14.3 Å². The third kappa shape index (κ3) is 2.80. The Morgan fingerprint density at radius 3 is 2.70 bits per heavy atom. The summed E-state index contributed by atoms with van der Waals surface area (Å²) in [5.41, 5.74) is 6.33. The van der Waals surface area contributed by atoms with Crippen LogP contribution in [0.5, 0.6) is 11.5 Å². The number of nitrogen functional groups attached to an aromatic ring is 1. The zero-order chi connectivity index (χ0) is 14.7. The number of nitrogens with one attached hydrogen (secondary N) is 1. The first-order chi connectivity index (χ1) is 9.51. The number of aromatic hydroxyl groups is 1. The number of phenols is 1. The van der Waals surface area contributed by atoms with E-state index in [4.69, 9.17) is 10.5 Å². The molecule has 5 nitrogen and oxygen atoms in total. The minimum atomic E-state index is -0.633. The van der Waals surface area contributed by atoms with E-state index in [-0.39, 0.29) is 11.3 Å². The van der Waals surface area contributed by atoms with Gasteiger partial charge in [-0.05, 0) is 36.4 Å². The molecule has 0 fully saturated rings. The summed E-state index contributed by atoms with van der Waals surface area (Å²) in [6, 6.07) is 7.83. The molecule has 0 unspecified atom stereocenters. The lowest BCUT2D eigenvalue weighted by Crippen LogP contribution is -2.12. The van der Waals surface area contributed by atoms with Gasteiger partial charge in [-0.2, -0.15) is 0 Å². The van der Waals surface area contributed by atoms with Gasteiger partial charge in [0, 0.05) is 5.69 Å².